The van der Waals surface area contributed by atoms with Gasteiger partial charge < -0.3 is 10.8 Å². The first kappa shape index (κ1) is 16.4. The number of benzene rings is 1. The second kappa shape index (κ2) is 5.80. The number of alkyl halides is 3. The number of hydrogen-bond donors (Lipinski definition) is 2. The van der Waals surface area contributed by atoms with Crippen molar-refractivity contribution in [3.63, 3.8) is 0 Å². The Morgan fingerprint density at radius 2 is 1.85 bits per heavy atom. The first-order chi connectivity index (χ1) is 9.12. The van der Waals surface area contributed by atoms with E-state index in [2.05, 4.69) is 0 Å². The molecule has 0 aliphatic heterocycles. The van der Waals surface area contributed by atoms with Gasteiger partial charge in [0.1, 0.15) is 0 Å². The highest BCUT2D eigenvalue weighted by Crippen LogP contribution is 2.35. The summed E-state index contributed by atoms with van der Waals surface area (Å²) in [5, 5.41) is 6.88. The summed E-state index contributed by atoms with van der Waals surface area (Å²) < 4.78 is 62.6. The molecular weight excluding hydrogens is 299 g/mol. The number of hydrogen-bond acceptors (Lipinski definition) is 4. The second-order valence-electron chi connectivity index (χ2n) is 3.94. The molecule has 0 aliphatic rings. The van der Waals surface area contributed by atoms with Crippen LogP contribution in [-0.4, -0.2) is 31.3 Å². The molecule has 0 heterocycles. The minimum atomic E-state index is -4.89. The number of nitrogens with two attached hydrogens (primary N) is 1. The number of carboxylic acids is 1. The van der Waals surface area contributed by atoms with E-state index >= 15 is 0 Å². The van der Waals surface area contributed by atoms with Crippen LogP contribution in [0.15, 0.2) is 29.2 Å². The van der Waals surface area contributed by atoms with Gasteiger partial charge in [-0.15, -0.1) is 0 Å². The zero-order chi connectivity index (χ0) is 15.6. The minimum absolute atomic E-state index is 0.273. The van der Waals surface area contributed by atoms with E-state index in [1.165, 1.54) is 0 Å². The lowest BCUT2D eigenvalue weighted by Gasteiger charge is -2.17. The van der Waals surface area contributed by atoms with Crippen molar-refractivity contribution in [2.75, 3.05) is 6.54 Å². The molecule has 0 fully saturated rings. The molecule has 1 unspecified atom stereocenters. The molecule has 1 aromatic rings. The van der Waals surface area contributed by atoms with Gasteiger partial charge in [0.25, 0.3) is 0 Å². The van der Waals surface area contributed by atoms with Crippen LogP contribution in [0.3, 0.4) is 0 Å². The second-order valence-corrected chi connectivity index (χ2v) is 6.04. The maximum atomic E-state index is 12.8. The van der Waals surface area contributed by atoms with Crippen LogP contribution in [0.5, 0.6) is 0 Å². The van der Waals surface area contributed by atoms with Gasteiger partial charge in [-0.2, -0.15) is 13.2 Å². The van der Waals surface area contributed by atoms with Gasteiger partial charge in [-0.1, -0.05) is 12.1 Å². The first-order valence-electron chi connectivity index (χ1n) is 5.45. The predicted octanol–water partition coefficient (Wildman–Crippen LogP) is 1.28. The Kier molecular flexibility index (Phi) is 4.77. The fourth-order valence-corrected chi connectivity index (χ4v) is 3.44. The predicted molar refractivity (Wildman–Crippen MR) is 63.7 cm³/mol. The summed E-state index contributed by atoms with van der Waals surface area (Å²) in [6.45, 7) is -0.273. The Hall–Kier alpha value is -1.61. The van der Waals surface area contributed by atoms with Crippen molar-refractivity contribution >= 4 is 15.8 Å². The largest absolute Gasteiger partial charge is 0.480 e. The van der Waals surface area contributed by atoms with Gasteiger partial charge in [0.05, 0.1) is 10.5 Å². The van der Waals surface area contributed by atoms with Crippen LogP contribution in [-0.2, 0) is 20.8 Å². The maximum absolute atomic E-state index is 12.8. The molecule has 9 heteroatoms. The molecule has 20 heavy (non-hydrogen) atoms. The molecule has 0 bridgehead atoms. The van der Waals surface area contributed by atoms with Gasteiger partial charge in [0.15, 0.2) is 15.1 Å². The lowest BCUT2D eigenvalue weighted by atomic mass is 10.2. The Morgan fingerprint density at radius 3 is 2.30 bits per heavy atom. The average Bonchev–Trinajstić information content (AvgIpc) is 2.34. The minimum Gasteiger partial charge on any atom is -0.480 e. The van der Waals surface area contributed by atoms with Crippen LogP contribution in [0.2, 0.25) is 0 Å². The molecule has 0 amide bonds. The van der Waals surface area contributed by atoms with Crippen molar-refractivity contribution in [3.05, 3.63) is 29.8 Å². The number of carbonyl (C=O) groups is 1. The van der Waals surface area contributed by atoms with Crippen LogP contribution >= 0.6 is 0 Å². The van der Waals surface area contributed by atoms with Gasteiger partial charge in [-0.05, 0) is 25.1 Å². The Bertz CT molecular complexity index is 598. The summed E-state index contributed by atoms with van der Waals surface area (Å²) in [5.74, 6) is -1.73. The zero-order valence-electron chi connectivity index (χ0n) is 10.1. The Balaban J connectivity index is 3.46. The Morgan fingerprint density at radius 1 is 1.30 bits per heavy atom. The van der Waals surface area contributed by atoms with Crippen molar-refractivity contribution in [2.24, 2.45) is 5.73 Å². The highest BCUT2D eigenvalue weighted by Gasteiger charge is 2.41. The molecule has 1 atom stereocenters. The standard InChI is InChI=1S/C11H12F3NO4S/c12-11(13,14)7-3-1-2-4-8(7)20(18,19)9(5-6-15)10(16)17/h1-4,9H,5-6,15H2,(H,16,17). The van der Waals surface area contributed by atoms with E-state index in [9.17, 15) is 26.4 Å². The quantitative estimate of drug-likeness (QED) is 0.853. The molecule has 0 aliphatic carbocycles. The van der Waals surface area contributed by atoms with Gasteiger partial charge in [-0.25, -0.2) is 8.42 Å². The molecule has 0 saturated heterocycles. The zero-order valence-corrected chi connectivity index (χ0v) is 10.9. The van der Waals surface area contributed by atoms with Crippen LogP contribution in [0, 0.1) is 0 Å². The van der Waals surface area contributed by atoms with Crippen LogP contribution in [0.25, 0.3) is 0 Å². The number of carboxylic acid groups (broad SMARTS) is 1. The van der Waals surface area contributed by atoms with Crippen LogP contribution in [0.1, 0.15) is 12.0 Å². The SMILES string of the molecule is NCCC(C(=O)O)S(=O)(=O)c1ccccc1C(F)(F)F. The first-order valence-corrected chi connectivity index (χ1v) is 7.00. The molecular formula is C11H12F3NO4S. The molecule has 1 rings (SSSR count). The van der Waals surface area contributed by atoms with E-state index in [1.54, 1.807) is 0 Å². The maximum Gasteiger partial charge on any atom is 0.417 e. The third-order valence-corrected chi connectivity index (χ3v) is 4.73. The third-order valence-electron chi connectivity index (χ3n) is 2.58. The molecule has 112 valence electrons. The number of sulfone groups is 1. The number of aliphatic carboxylic acids is 1. The molecule has 5 nitrogen and oxygen atoms in total. The van der Waals surface area contributed by atoms with Crippen LogP contribution < -0.4 is 5.73 Å². The Labute approximate surface area is 113 Å². The van der Waals surface area contributed by atoms with Crippen molar-refractivity contribution in [1.29, 1.82) is 0 Å². The highest BCUT2D eigenvalue weighted by molar-refractivity contribution is 7.92. The summed E-state index contributed by atoms with van der Waals surface area (Å²) >= 11 is 0. The van der Waals surface area contributed by atoms with Gasteiger partial charge in [0.2, 0.25) is 0 Å². The van der Waals surface area contributed by atoms with E-state index in [0.717, 1.165) is 18.2 Å². The normalized spacial score (nSPS) is 14.0. The fraction of sp³-hybridized carbons (Fsp3) is 0.364. The lowest BCUT2D eigenvalue weighted by Crippen LogP contribution is -2.33. The molecule has 1 aromatic carbocycles. The molecule has 0 aromatic heterocycles. The summed E-state index contributed by atoms with van der Waals surface area (Å²) in [7, 11) is -4.68. The van der Waals surface area contributed by atoms with E-state index < -0.39 is 44.1 Å². The summed E-state index contributed by atoms with van der Waals surface area (Å²) in [5.41, 5.74) is 3.73. The number of halogens is 3. The molecule has 0 radical (unpaired) electrons. The topological polar surface area (TPSA) is 97.5 Å². The van der Waals surface area contributed by atoms with E-state index in [0.29, 0.717) is 6.07 Å². The average molecular weight is 311 g/mol. The lowest BCUT2D eigenvalue weighted by molar-refractivity contribution is -0.140. The van der Waals surface area contributed by atoms with Gasteiger partial charge in [-0.3, -0.25) is 4.79 Å². The van der Waals surface area contributed by atoms with E-state index in [4.69, 9.17) is 10.8 Å². The molecule has 0 spiro atoms. The monoisotopic (exact) mass is 311 g/mol. The highest BCUT2D eigenvalue weighted by atomic mass is 32.2. The van der Waals surface area contributed by atoms with E-state index in [-0.39, 0.29) is 6.54 Å². The summed E-state index contributed by atoms with van der Waals surface area (Å²) in [6, 6.07) is 3.46. The third kappa shape index (κ3) is 3.28. The van der Waals surface area contributed by atoms with Crippen molar-refractivity contribution < 1.29 is 31.5 Å². The van der Waals surface area contributed by atoms with Gasteiger partial charge in [0, 0.05) is 0 Å². The van der Waals surface area contributed by atoms with Crippen LogP contribution in [0.4, 0.5) is 13.2 Å². The van der Waals surface area contributed by atoms with E-state index in [1.807, 2.05) is 0 Å². The van der Waals surface area contributed by atoms with Crippen molar-refractivity contribution in [2.45, 2.75) is 22.7 Å². The smallest absolute Gasteiger partial charge is 0.417 e. The summed E-state index contributed by atoms with van der Waals surface area (Å²) in [4.78, 5) is 9.91. The number of rotatable bonds is 5. The van der Waals surface area contributed by atoms with Crippen molar-refractivity contribution in [3.8, 4) is 0 Å². The molecule has 0 saturated carbocycles. The summed E-state index contributed by atoms with van der Waals surface area (Å²) in [6.07, 6.45) is -5.36. The molecule has 3 N–H and O–H groups in total. The fourth-order valence-electron chi connectivity index (χ4n) is 1.66. The van der Waals surface area contributed by atoms with Crippen molar-refractivity contribution in [1.82, 2.24) is 0 Å². The van der Waals surface area contributed by atoms with Gasteiger partial charge >= 0.3 is 12.1 Å².